The van der Waals surface area contributed by atoms with E-state index in [2.05, 4.69) is 20.9 Å². The van der Waals surface area contributed by atoms with Crippen LogP contribution < -0.4 is 20.1 Å². The molecule has 0 saturated carbocycles. The van der Waals surface area contributed by atoms with E-state index < -0.39 is 6.10 Å². The lowest BCUT2D eigenvalue weighted by molar-refractivity contribution is 0.122. The summed E-state index contributed by atoms with van der Waals surface area (Å²) < 4.78 is 17.1. The minimum Gasteiger partial charge on any atom is -0.496 e. The summed E-state index contributed by atoms with van der Waals surface area (Å²) in [6.07, 6.45) is -0.830. The van der Waals surface area contributed by atoms with Gasteiger partial charge in [0, 0.05) is 36.8 Å². The number of nitriles is 1. The van der Waals surface area contributed by atoms with Crippen molar-refractivity contribution >= 4 is 5.82 Å². The monoisotopic (exact) mass is 461 g/mol. The van der Waals surface area contributed by atoms with Crippen molar-refractivity contribution in [3.63, 3.8) is 0 Å². The van der Waals surface area contributed by atoms with Gasteiger partial charge >= 0.3 is 0 Å². The summed E-state index contributed by atoms with van der Waals surface area (Å²) in [5.41, 5.74) is 8.22. The molecule has 9 nitrogen and oxygen atoms in total. The third kappa shape index (κ3) is 5.10. The molecule has 3 aromatic rings. The van der Waals surface area contributed by atoms with Crippen LogP contribution in [0.2, 0.25) is 0 Å². The smallest absolute Gasteiger partial charge is 0.224 e. The van der Waals surface area contributed by atoms with Crippen molar-refractivity contribution in [2.24, 2.45) is 5.73 Å². The van der Waals surface area contributed by atoms with E-state index in [1.165, 1.54) is 0 Å². The fourth-order valence-electron chi connectivity index (χ4n) is 3.84. The van der Waals surface area contributed by atoms with Gasteiger partial charge in [-0.2, -0.15) is 10.2 Å². The summed E-state index contributed by atoms with van der Waals surface area (Å²) in [4.78, 5) is 11.1. The summed E-state index contributed by atoms with van der Waals surface area (Å²) in [6, 6.07) is 14.6. The van der Waals surface area contributed by atoms with Gasteiger partial charge in [-0.3, -0.25) is 0 Å². The van der Waals surface area contributed by atoms with Gasteiger partial charge < -0.3 is 30.0 Å². The highest BCUT2D eigenvalue weighted by Crippen LogP contribution is 2.38. The molecule has 9 heteroatoms. The summed E-state index contributed by atoms with van der Waals surface area (Å²) >= 11 is 0. The Kier molecular flexibility index (Phi) is 7.23. The minimum absolute atomic E-state index is 0.0828. The number of ether oxygens (including phenoxy) is 3. The fraction of sp³-hybridized carbons (Fsp3) is 0.320. The Morgan fingerprint density at radius 3 is 2.65 bits per heavy atom. The predicted molar refractivity (Wildman–Crippen MR) is 127 cm³/mol. The highest BCUT2D eigenvalue weighted by molar-refractivity contribution is 5.74. The number of rotatable bonds is 7. The molecule has 3 N–H and O–H groups in total. The zero-order valence-electron chi connectivity index (χ0n) is 19.2. The largest absolute Gasteiger partial charge is 0.496 e. The van der Waals surface area contributed by atoms with E-state index in [-0.39, 0.29) is 6.54 Å². The number of hydrogen-bond donors (Lipinski definition) is 2. The second-order valence-corrected chi connectivity index (χ2v) is 7.84. The van der Waals surface area contributed by atoms with Gasteiger partial charge in [-0.05, 0) is 36.8 Å². The van der Waals surface area contributed by atoms with E-state index in [4.69, 9.17) is 19.9 Å². The lowest BCUT2D eigenvalue weighted by Crippen LogP contribution is -2.36. The molecule has 0 bridgehead atoms. The molecule has 1 aliphatic rings. The van der Waals surface area contributed by atoms with Gasteiger partial charge in [-0.25, -0.2) is 4.98 Å². The summed E-state index contributed by atoms with van der Waals surface area (Å²) in [5.74, 6) is 2.72. The average Bonchev–Trinajstić information content (AvgIpc) is 2.88. The molecule has 0 amide bonds. The Bertz CT molecular complexity index is 1200. The third-order valence-electron chi connectivity index (χ3n) is 5.59. The van der Waals surface area contributed by atoms with Crippen molar-refractivity contribution < 1.29 is 19.3 Å². The molecule has 1 aromatic heterocycles. The number of aliphatic hydroxyl groups is 1. The van der Waals surface area contributed by atoms with Crippen molar-refractivity contribution in [3.8, 4) is 34.6 Å². The quantitative estimate of drug-likeness (QED) is 0.546. The number of nitrogens with two attached hydrogens (primary N) is 1. The highest BCUT2D eigenvalue weighted by Gasteiger charge is 2.18. The first-order valence-electron chi connectivity index (χ1n) is 11.0. The number of aliphatic hydroxyl groups excluding tert-OH is 1. The molecule has 0 spiro atoms. The van der Waals surface area contributed by atoms with E-state index in [1.54, 1.807) is 31.4 Å². The topological polar surface area (TPSA) is 127 Å². The average molecular weight is 462 g/mol. The second-order valence-electron chi connectivity index (χ2n) is 7.84. The van der Waals surface area contributed by atoms with E-state index >= 15 is 0 Å². The predicted octanol–water partition coefficient (Wildman–Crippen LogP) is 2.95. The first-order chi connectivity index (χ1) is 16.5. The van der Waals surface area contributed by atoms with Gasteiger partial charge in [0.05, 0.1) is 38.1 Å². The maximum Gasteiger partial charge on any atom is 0.224 e. The van der Waals surface area contributed by atoms with Crippen LogP contribution in [0.5, 0.6) is 17.4 Å². The van der Waals surface area contributed by atoms with Crippen LogP contribution in [0, 0.1) is 18.3 Å². The van der Waals surface area contributed by atoms with Gasteiger partial charge in [0.1, 0.15) is 23.1 Å². The Balaban J connectivity index is 1.73. The molecule has 1 atom stereocenters. The first kappa shape index (κ1) is 23.4. The third-order valence-corrected chi connectivity index (χ3v) is 5.59. The van der Waals surface area contributed by atoms with Crippen molar-refractivity contribution in [1.82, 2.24) is 9.97 Å². The number of methoxy groups -OCH3 is 1. The zero-order valence-corrected chi connectivity index (χ0v) is 19.2. The van der Waals surface area contributed by atoms with Gasteiger partial charge in [0.15, 0.2) is 0 Å². The molecule has 1 aliphatic heterocycles. The summed E-state index contributed by atoms with van der Waals surface area (Å²) in [6.45, 7) is 4.67. The molecular formula is C25H27N5O4. The molecule has 2 heterocycles. The SMILES string of the molecule is COc1cc(-c2ccc(C#N)cc2Oc2cc(N3CCOCC3)nc(C)n2)ccc1C(O)CN. The molecule has 0 aliphatic carbocycles. The van der Waals surface area contributed by atoms with Crippen LogP contribution in [-0.2, 0) is 4.74 Å². The number of aromatic nitrogens is 2. The van der Waals surface area contributed by atoms with Crippen molar-refractivity contribution in [2.75, 3.05) is 44.9 Å². The van der Waals surface area contributed by atoms with Crippen LogP contribution in [0.25, 0.3) is 11.1 Å². The first-order valence-corrected chi connectivity index (χ1v) is 11.0. The van der Waals surface area contributed by atoms with Gasteiger partial charge in [0.25, 0.3) is 0 Å². The molecule has 1 saturated heterocycles. The number of benzene rings is 2. The van der Waals surface area contributed by atoms with Crippen molar-refractivity contribution in [1.29, 1.82) is 5.26 Å². The van der Waals surface area contributed by atoms with Crippen LogP contribution >= 0.6 is 0 Å². The van der Waals surface area contributed by atoms with Crippen LogP contribution in [0.1, 0.15) is 23.1 Å². The Morgan fingerprint density at radius 2 is 1.94 bits per heavy atom. The van der Waals surface area contributed by atoms with Crippen molar-refractivity contribution in [3.05, 3.63) is 59.4 Å². The van der Waals surface area contributed by atoms with Crippen LogP contribution in [0.3, 0.4) is 0 Å². The number of morpholine rings is 1. The van der Waals surface area contributed by atoms with E-state index in [1.807, 2.05) is 25.1 Å². The van der Waals surface area contributed by atoms with Crippen LogP contribution in [-0.4, -0.2) is 55.0 Å². The Morgan fingerprint density at radius 1 is 1.15 bits per heavy atom. The maximum absolute atomic E-state index is 10.2. The zero-order chi connectivity index (χ0) is 24.1. The lowest BCUT2D eigenvalue weighted by atomic mass is 9.99. The second kappa shape index (κ2) is 10.5. The molecule has 176 valence electrons. The summed E-state index contributed by atoms with van der Waals surface area (Å²) in [5, 5.41) is 19.6. The standard InChI is InChI=1S/C25H27N5O4/c1-16-28-24(30-7-9-33-10-8-30)13-25(29-16)34-23-11-17(14-26)3-5-19(23)18-4-6-20(21(31)15-27)22(12-18)32-2/h3-6,11-13,21,31H,7-10,15,27H2,1-2H3. The van der Waals surface area contributed by atoms with Gasteiger partial charge in [-0.1, -0.05) is 12.1 Å². The van der Waals surface area contributed by atoms with Crippen molar-refractivity contribution in [2.45, 2.75) is 13.0 Å². The van der Waals surface area contributed by atoms with Gasteiger partial charge in [-0.15, -0.1) is 0 Å². The molecular weight excluding hydrogens is 434 g/mol. The van der Waals surface area contributed by atoms with Crippen LogP contribution in [0.15, 0.2) is 42.5 Å². The molecule has 2 aromatic carbocycles. The molecule has 1 fully saturated rings. The molecule has 0 radical (unpaired) electrons. The lowest BCUT2D eigenvalue weighted by Gasteiger charge is -2.28. The maximum atomic E-state index is 10.2. The number of hydrogen-bond acceptors (Lipinski definition) is 9. The van der Waals surface area contributed by atoms with E-state index in [9.17, 15) is 10.4 Å². The highest BCUT2D eigenvalue weighted by atomic mass is 16.5. The van der Waals surface area contributed by atoms with Crippen LogP contribution in [0.4, 0.5) is 5.82 Å². The van der Waals surface area contributed by atoms with E-state index in [0.717, 1.165) is 30.0 Å². The van der Waals surface area contributed by atoms with E-state index in [0.29, 0.717) is 47.5 Å². The Hall–Kier alpha value is -3.71. The number of aryl methyl sites for hydroxylation is 1. The number of nitrogens with zero attached hydrogens (tertiary/aromatic N) is 4. The normalized spacial score (nSPS) is 14.4. The number of anilines is 1. The fourth-order valence-corrected chi connectivity index (χ4v) is 3.84. The molecule has 34 heavy (non-hydrogen) atoms. The Labute approximate surface area is 198 Å². The molecule has 4 rings (SSSR count). The molecule has 1 unspecified atom stereocenters. The summed E-state index contributed by atoms with van der Waals surface area (Å²) in [7, 11) is 1.54. The minimum atomic E-state index is -0.830. The van der Waals surface area contributed by atoms with Gasteiger partial charge in [0.2, 0.25) is 5.88 Å².